The van der Waals surface area contributed by atoms with Crippen molar-refractivity contribution < 1.29 is 0 Å². The Balaban J connectivity index is 2.00. The predicted octanol–water partition coefficient (Wildman–Crippen LogP) is 2.48. The minimum atomic E-state index is 0.512. The van der Waals surface area contributed by atoms with Gasteiger partial charge in [0.25, 0.3) is 0 Å². The molecule has 0 radical (unpaired) electrons. The first-order valence-corrected chi connectivity index (χ1v) is 5.69. The molecule has 0 saturated carbocycles. The highest BCUT2D eigenvalue weighted by Crippen LogP contribution is 2.15. The van der Waals surface area contributed by atoms with Crippen LogP contribution in [0.15, 0.2) is 34.7 Å². The number of benzene rings is 1. The second kappa shape index (κ2) is 4.76. The van der Waals surface area contributed by atoms with Gasteiger partial charge in [0.15, 0.2) is 0 Å². The molecular formula is C11H12N4S. The average molecular weight is 232 g/mol. The lowest BCUT2D eigenvalue weighted by atomic mass is 10.2. The number of anilines is 2. The maximum absolute atomic E-state index is 5.49. The Bertz CT molecular complexity index is 504. The largest absolute Gasteiger partial charge is 0.383 e. The van der Waals surface area contributed by atoms with Gasteiger partial charge >= 0.3 is 0 Å². The monoisotopic (exact) mass is 232 g/mol. The van der Waals surface area contributed by atoms with Crippen LogP contribution in [0.4, 0.5) is 10.9 Å². The molecule has 0 aliphatic rings. The maximum Gasteiger partial charge on any atom is 0.205 e. The molecule has 2 aromatic rings. The van der Waals surface area contributed by atoms with E-state index < -0.39 is 0 Å². The van der Waals surface area contributed by atoms with Crippen LogP contribution in [0.5, 0.6) is 0 Å². The third-order valence-corrected chi connectivity index (χ3v) is 2.70. The van der Waals surface area contributed by atoms with Gasteiger partial charge < -0.3 is 5.73 Å². The van der Waals surface area contributed by atoms with Gasteiger partial charge in [-0.25, -0.2) is 4.98 Å². The number of thiazole rings is 1. The van der Waals surface area contributed by atoms with Crippen molar-refractivity contribution >= 4 is 28.5 Å². The first-order chi connectivity index (χ1) is 7.74. The van der Waals surface area contributed by atoms with E-state index in [0.717, 1.165) is 5.56 Å². The summed E-state index contributed by atoms with van der Waals surface area (Å²) in [5, 5.41) is 6.55. The lowest BCUT2D eigenvalue weighted by molar-refractivity contribution is 1.29. The summed E-state index contributed by atoms with van der Waals surface area (Å²) in [6.45, 7) is 2.05. The summed E-state index contributed by atoms with van der Waals surface area (Å²) >= 11 is 1.43. The molecule has 2 rings (SSSR count). The van der Waals surface area contributed by atoms with Gasteiger partial charge in [0, 0.05) is 5.38 Å². The highest BCUT2D eigenvalue weighted by atomic mass is 32.1. The molecule has 0 unspecified atom stereocenters. The van der Waals surface area contributed by atoms with Gasteiger partial charge in [0.2, 0.25) is 5.13 Å². The van der Waals surface area contributed by atoms with E-state index in [9.17, 15) is 0 Å². The van der Waals surface area contributed by atoms with Crippen molar-refractivity contribution in [1.82, 2.24) is 4.98 Å². The third kappa shape index (κ3) is 2.80. The third-order valence-electron chi connectivity index (χ3n) is 1.94. The van der Waals surface area contributed by atoms with Gasteiger partial charge in [0.1, 0.15) is 5.82 Å². The van der Waals surface area contributed by atoms with Crippen LogP contribution in [0, 0.1) is 6.92 Å². The number of aryl methyl sites for hydroxylation is 1. The zero-order valence-electron chi connectivity index (χ0n) is 8.84. The Labute approximate surface area is 97.8 Å². The van der Waals surface area contributed by atoms with Crippen LogP contribution in [0.2, 0.25) is 0 Å². The molecule has 1 aromatic carbocycles. The normalized spacial score (nSPS) is 10.8. The van der Waals surface area contributed by atoms with Crippen LogP contribution >= 0.6 is 11.3 Å². The molecule has 16 heavy (non-hydrogen) atoms. The molecule has 0 atom stereocenters. The van der Waals surface area contributed by atoms with Crippen LogP contribution in [-0.2, 0) is 0 Å². The van der Waals surface area contributed by atoms with Crippen molar-refractivity contribution in [2.45, 2.75) is 6.92 Å². The van der Waals surface area contributed by atoms with Crippen molar-refractivity contribution in [3.63, 3.8) is 0 Å². The topological polar surface area (TPSA) is 63.3 Å². The van der Waals surface area contributed by atoms with Gasteiger partial charge in [-0.15, -0.1) is 11.3 Å². The van der Waals surface area contributed by atoms with E-state index in [2.05, 4.69) is 21.6 Å². The molecule has 4 nitrogen and oxygen atoms in total. The van der Waals surface area contributed by atoms with Crippen LogP contribution in [0.1, 0.15) is 11.1 Å². The van der Waals surface area contributed by atoms with Crippen LogP contribution in [-0.4, -0.2) is 11.2 Å². The molecule has 3 N–H and O–H groups in total. The van der Waals surface area contributed by atoms with Crippen LogP contribution in [0.25, 0.3) is 0 Å². The standard InChI is InChI=1S/C11H12N4S/c1-8-3-2-4-9(5-8)6-13-15-11-14-10(12)7-16-11/h2-7H,12H2,1H3,(H,14,15). The Kier molecular flexibility index (Phi) is 3.16. The van der Waals surface area contributed by atoms with E-state index in [0.29, 0.717) is 10.9 Å². The SMILES string of the molecule is Cc1cccc(C=NNc2nc(N)cs2)c1. The van der Waals surface area contributed by atoms with Crippen molar-refractivity contribution in [3.8, 4) is 0 Å². The smallest absolute Gasteiger partial charge is 0.205 e. The molecule has 0 fully saturated rings. The molecule has 1 aromatic heterocycles. The summed E-state index contributed by atoms with van der Waals surface area (Å²) in [5.41, 5.74) is 10.6. The highest BCUT2D eigenvalue weighted by molar-refractivity contribution is 7.14. The van der Waals surface area contributed by atoms with Crippen molar-refractivity contribution in [1.29, 1.82) is 0 Å². The molecule has 0 amide bonds. The first kappa shape index (κ1) is 10.6. The van der Waals surface area contributed by atoms with E-state index in [1.807, 2.05) is 25.1 Å². The molecule has 0 bridgehead atoms. The lowest BCUT2D eigenvalue weighted by Crippen LogP contribution is -1.91. The quantitative estimate of drug-likeness (QED) is 0.631. The fourth-order valence-electron chi connectivity index (χ4n) is 1.25. The summed E-state index contributed by atoms with van der Waals surface area (Å²) in [5.74, 6) is 0.512. The number of rotatable bonds is 3. The maximum atomic E-state index is 5.49. The molecule has 1 heterocycles. The minimum absolute atomic E-state index is 0.512. The Morgan fingerprint density at radius 3 is 3.06 bits per heavy atom. The Morgan fingerprint density at radius 2 is 2.38 bits per heavy atom. The minimum Gasteiger partial charge on any atom is -0.383 e. The number of hydrogen-bond donors (Lipinski definition) is 2. The van der Waals surface area contributed by atoms with Gasteiger partial charge in [-0.3, -0.25) is 5.43 Å². The second-order valence-electron chi connectivity index (χ2n) is 3.36. The molecule has 0 aliphatic heterocycles. The molecule has 5 heteroatoms. The Morgan fingerprint density at radius 1 is 1.50 bits per heavy atom. The number of nitrogens with one attached hydrogen (secondary N) is 1. The fourth-order valence-corrected chi connectivity index (χ4v) is 1.80. The van der Waals surface area contributed by atoms with E-state index in [1.165, 1.54) is 16.9 Å². The number of nitrogen functional groups attached to an aromatic ring is 1. The number of hydrazone groups is 1. The Hall–Kier alpha value is -1.88. The summed E-state index contributed by atoms with van der Waals surface area (Å²) in [4.78, 5) is 4.03. The number of hydrogen-bond acceptors (Lipinski definition) is 5. The van der Waals surface area contributed by atoms with E-state index >= 15 is 0 Å². The zero-order chi connectivity index (χ0) is 11.4. The van der Waals surface area contributed by atoms with E-state index in [1.54, 1.807) is 11.6 Å². The molecule has 0 saturated heterocycles. The summed E-state index contributed by atoms with van der Waals surface area (Å²) in [7, 11) is 0. The van der Waals surface area contributed by atoms with Crippen LogP contribution < -0.4 is 11.2 Å². The van der Waals surface area contributed by atoms with Gasteiger partial charge in [-0.1, -0.05) is 29.8 Å². The average Bonchev–Trinajstić information content (AvgIpc) is 2.64. The van der Waals surface area contributed by atoms with Crippen molar-refractivity contribution in [2.24, 2.45) is 5.10 Å². The van der Waals surface area contributed by atoms with Gasteiger partial charge in [-0.05, 0) is 12.5 Å². The lowest BCUT2D eigenvalue weighted by Gasteiger charge is -1.95. The molecule has 0 aliphatic carbocycles. The second-order valence-corrected chi connectivity index (χ2v) is 4.22. The molecule has 82 valence electrons. The zero-order valence-corrected chi connectivity index (χ0v) is 9.66. The number of aromatic nitrogens is 1. The van der Waals surface area contributed by atoms with E-state index in [4.69, 9.17) is 5.73 Å². The van der Waals surface area contributed by atoms with E-state index in [-0.39, 0.29) is 0 Å². The predicted molar refractivity (Wildman–Crippen MR) is 68.9 cm³/mol. The van der Waals surface area contributed by atoms with Gasteiger partial charge in [0.05, 0.1) is 6.21 Å². The molecule has 0 spiro atoms. The van der Waals surface area contributed by atoms with Crippen molar-refractivity contribution in [2.75, 3.05) is 11.2 Å². The highest BCUT2D eigenvalue weighted by Gasteiger charge is 1.94. The number of nitrogens with two attached hydrogens (primary N) is 1. The summed E-state index contributed by atoms with van der Waals surface area (Å²) in [6, 6.07) is 8.10. The van der Waals surface area contributed by atoms with Crippen molar-refractivity contribution in [3.05, 3.63) is 40.8 Å². The fraction of sp³-hybridized carbons (Fsp3) is 0.0909. The number of nitrogens with zero attached hydrogens (tertiary/aromatic N) is 2. The van der Waals surface area contributed by atoms with Crippen LogP contribution in [0.3, 0.4) is 0 Å². The summed E-state index contributed by atoms with van der Waals surface area (Å²) in [6.07, 6.45) is 1.75. The van der Waals surface area contributed by atoms with Gasteiger partial charge in [-0.2, -0.15) is 5.10 Å². The molecular weight excluding hydrogens is 220 g/mol. The first-order valence-electron chi connectivity index (χ1n) is 4.81. The summed E-state index contributed by atoms with van der Waals surface area (Å²) < 4.78 is 0.